The highest BCUT2D eigenvalue weighted by Gasteiger charge is 2.21. The summed E-state index contributed by atoms with van der Waals surface area (Å²) in [5, 5.41) is 15.6. The molecule has 0 aliphatic heterocycles. The molecule has 9 rings (SSSR count). The Balaban J connectivity index is 1.23. The van der Waals surface area contributed by atoms with Crippen LogP contribution >= 0.6 is 0 Å². The third-order valence-electron chi connectivity index (χ3n) is 9.38. The molecule has 0 radical (unpaired) electrons. The molecule has 7 aromatic carbocycles. The Kier molecular flexibility index (Phi) is 8.23. The molecule has 0 atom stereocenters. The number of aromatic nitrogens is 3. The zero-order valence-electron chi connectivity index (χ0n) is 28.6. The van der Waals surface area contributed by atoms with E-state index < -0.39 is 0 Å². The maximum absolute atomic E-state index is 8.85. The monoisotopic (exact) mass is 680 g/mol. The van der Waals surface area contributed by atoms with Gasteiger partial charge in [0.15, 0.2) is 17.5 Å². The van der Waals surface area contributed by atoms with Crippen molar-refractivity contribution in [1.29, 1.82) is 5.41 Å². The summed E-state index contributed by atoms with van der Waals surface area (Å²) < 4.78 is 0. The number of fused-ring (bicyclic) bond motifs is 3. The van der Waals surface area contributed by atoms with Gasteiger partial charge in [0.05, 0.1) is 11.4 Å². The molecule has 0 amide bonds. The summed E-state index contributed by atoms with van der Waals surface area (Å²) in [5.41, 5.74) is 13.8. The van der Waals surface area contributed by atoms with Crippen molar-refractivity contribution >= 4 is 34.0 Å². The topological polar surface area (TPSA) is 86.9 Å². The van der Waals surface area contributed by atoms with Crippen LogP contribution in [0.3, 0.4) is 0 Å². The Morgan fingerprint density at radius 2 is 0.943 bits per heavy atom. The molecule has 0 unspecified atom stereocenters. The van der Waals surface area contributed by atoms with Crippen molar-refractivity contribution in [3.8, 4) is 56.4 Å². The number of allylic oxidation sites excluding steroid dienone is 1. The van der Waals surface area contributed by atoms with E-state index in [1.54, 1.807) is 6.08 Å². The van der Waals surface area contributed by atoms with Crippen LogP contribution < -0.4 is 5.43 Å². The summed E-state index contributed by atoms with van der Waals surface area (Å²) in [6, 6.07) is 57.6. The first-order chi connectivity index (χ1) is 26.2. The smallest absolute Gasteiger partial charge is 0.164 e. The van der Waals surface area contributed by atoms with Crippen LogP contribution in [0.5, 0.6) is 0 Å². The van der Waals surface area contributed by atoms with Gasteiger partial charge in [-0.15, -0.1) is 0 Å². The van der Waals surface area contributed by atoms with Crippen molar-refractivity contribution in [3.05, 3.63) is 187 Å². The van der Waals surface area contributed by atoms with Gasteiger partial charge in [-0.05, 0) is 81.1 Å². The fourth-order valence-corrected chi connectivity index (χ4v) is 6.72. The van der Waals surface area contributed by atoms with Crippen LogP contribution in [0, 0.1) is 5.41 Å². The quantitative estimate of drug-likeness (QED) is 0.164. The lowest BCUT2D eigenvalue weighted by molar-refractivity contribution is 1.07. The van der Waals surface area contributed by atoms with Crippen molar-refractivity contribution < 1.29 is 0 Å². The van der Waals surface area contributed by atoms with E-state index in [2.05, 4.69) is 102 Å². The number of hydrogen-bond donors (Lipinski definition) is 2. The minimum absolute atomic E-state index is 0.333. The maximum Gasteiger partial charge on any atom is 0.164 e. The van der Waals surface area contributed by atoms with E-state index in [1.807, 2.05) is 78.9 Å². The SMILES string of the molecule is N=C1C=Cc2ccc3ccc(-c4nc(-c5ccccc5)nc(-c5cc(-c6ccccc6)cc(-c6ccccc6)c5)n4)cc3c2/C1=N/Nc1ccccc1. The Labute approximate surface area is 307 Å². The molecule has 2 N–H and O–H groups in total. The van der Waals surface area contributed by atoms with Gasteiger partial charge in [0.2, 0.25) is 0 Å². The van der Waals surface area contributed by atoms with Crippen LogP contribution in [0.25, 0.3) is 73.3 Å². The summed E-state index contributed by atoms with van der Waals surface area (Å²) in [7, 11) is 0. The van der Waals surface area contributed by atoms with Crippen molar-refractivity contribution in [2.45, 2.75) is 0 Å². The minimum atomic E-state index is 0.333. The van der Waals surface area contributed by atoms with E-state index in [9.17, 15) is 0 Å². The number of rotatable bonds is 7. The molecule has 8 aromatic rings. The van der Waals surface area contributed by atoms with Gasteiger partial charge >= 0.3 is 0 Å². The lowest BCUT2D eigenvalue weighted by atomic mass is 9.88. The molecule has 0 saturated heterocycles. The first-order valence-corrected chi connectivity index (χ1v) is 17.5. The van der Waals surface area contributed by atoms with Crippen molar-refractivity contribution in [3.63, 3.8) is 0 Å². The Hall–Kier alpha value is -7.31. The molecule has 53 heavy (non-hydrogen) atoms. The fourth-order valence-electron chi connectivity index (χ4n) is 6.72. The molecule has 1 heterocycles. The first kappa shape index (κ1) is 31.7. The summed E-state index contributed by atoms with van der Waals surface area (Å²) in [5.74, 6) is 1.73. The van der Waals surface area contributed by atoms with Gasteiger partial charge in [-0.25, -0.2) is 15.0 Å². The Morgan fingerprint density at radius 3 is 1.57 bits per heavy atom. The number of hydrazone groups is 1. The summed E-state index contributed by atoms with van der Waals surface area (Å²) >= 11 is 0. The Bertz CT molecular complexity index is 2630. The van der Waals surface area contributed by atoms with E-state index in [4.69, 9.17) is 25.5 Å². The van der Waals surface area contributed by atoms with Crippen LogP contribution in [0.15, 0.2) is 181 Å². The van der Waals surface area contributed by atoms with Gasteiger partial charge in [0.1, 0.15) is 5.71 Å². The average molecular weight is 681 g/mol. The second kappa shape index (κ2) is 13.8. The molecular formula is C47H32N6. The van der Waals surface area contributed by atoms with Crippen molar-refractivity contribution in [1.82, 2.24) is 15.0 Å². The van der Waals surface area contributed by atoms with Crippen LogP contribution in [0.2, 0.25) is 0 Å². The third-order valence-corrected chi connectivity index (χ3v) is 9.38. The predicted octanol–water partition coefficient (Wildman–Crippen LogP) is 11.2. The van der Waals surface area contributed by atoms with Crippen LogP contribution in [0.4, 0.5) is 5.69 Å². The molecule has 6 heteroatoms. The van der Waals surface area contributed by atoms with Gasteiger partial charge in [-0.3, -0.25) is 10.8 Å². The normalized spacial score (nSPS) is 12.9. The number of benzene rings is 7. The van der Waals surface area contributed by atoms with Crippen LogP contribution in [0.1, 0.15) is 11.1 Å². The highest BCUT2D eigenvalue weighted by molar-refractivity contribution is 6.55. The van der Waals surface area contributed by atoms with E-state index in [0.717, 1.165) is 66.5 Å². The van der Waals surface area contributed by atoms with Gasteiger partial charge in [-0.2, -0.15) is 5.10 Å². The second-order valence-electron chi connectivity index (χ2n) is 12.9. The van der Waals surface area contributed by atoms with Crippen molar-refractivity contribution in [2.24, 2.45) is 5.10 Å². The number of nitrogens with zero attached hydrogens (tertiary/aromatic N) is 4. The standard InChI is InChI=1S/C47H32N6/c48-42-26-25-34-23-21-33-22-24-36(30-41(33)43(34)44(42)53-52-40-19-11-4-12-20-40)46-49-45(35-17-9-3-10-18-35)50-47(51-46)39-28-37(31-13-5-1-6-14-31)27-38(29-39)32-15-7-2-8-16-32/h1-30,48,52H/b48-42?,53-44+. The molecule has 6 nitrogen and oxygen atoms in total. The first-order valence-electron chi connectivity index (χ1n) is 17.5. The van der Waals surface area contributed by atoms with Gasteiger partial charge in [0, 0.05) is 22.3 Å². The van der Waals surface area contributed by atoms with Crippen LogP contribution in [-0.2, 0) is 0 Å². The van der Waals surface area contributed by atoms with Gasteiger partial charge in [-0.1, -0.05) is 140 Å². The molecule has 0 spiro atoms. The van der Waals surface area contributed by atoms with E-state index in [1.165, 1.54) is 0 Å². The largest absolute Gasteiger partial charge is 0.299 e. The van der Waals surface area contributed by atoms with E-state index >= 15 is 0 Å². The zero-order valence-corrected chi connectivity index (χ0v) is 28.6. The average Bonchev–Trinajstić information content (AvgIpc) is 3.24. The summed E-state index contributed by atoms with van der Waals surface area (Å²) in [4.78, 5) is 15.3. The number of anilines is 1. The lowest BCUT2D eigenvalue weighted by Gasteiger charge is -2.18. The molecule has 250 valence electrons. The minimum Gasteiger partial charge on any atom is -0.299 e. The van der Waals surface area contributed by atoms with Crippen molar-refractivity contribution in [2.75, 3.05) is 5.43 Å². The van der Waals surface area contributed by atoms with Gasteiger partial charge < -0.3 is 0 Å². The number of para-hydroxylation sites is 1. The van der Waals surface area contributed by atoms with Crippen LogP contribution in [-0.4, -0.2) is 26.4 Å². The number of nitrogens with one attached hydrogen (secondary N) is 2. The molecule has 1 aromatic heterocycles. The predicted molar refractivity (Wildman–Crippen MR) is 218 cm³/mol. The van der Waals surface area contributed by atoms with E-state index in [-0.39, 0.29) is 0 Å². The zero-order chi connectivity index (χ0) is 35.6. The number of hydrogen-bond acceptors (Lipinski definition) is 6. The summed E-state index contributed by atoms with van der Waals surface area (Å²) in [6.07, 6.45) is 3.77. The third kappa shape index (κ3) is 6.41. The molecule has 0 bridgehead atoms. The molecule has 1 aliphatic rings. The summed E-state index contributed by atoms with van der Waals surface area (Å²) in [6.45, 7) is 0. The molecular weight excluding hydrogens is 649 g/mol. The molecule has 0 saturated carbocycles. The van der Waals surface area contributed by atoms with E-state index in [0.29, 0.717) is 28.9 Å². The molecule has 0 fully saturated rings. The molecule has 1 aliphatic carbocycles. The van der Waals surface area contributed by atoms with Gasteiger partial charge in [0.25, 0.3) is 0 Å². The highest BCUT2D eigenvalue weighted by Crippen LogP contribution is 2.35. The Morgan fingerprint density at radius 1 is 0.434 bits per heavy atom. The second-order valence-corrected chi connectivity index (χ2v) is 12.9. The fraction of sp³-hybridized carbons (Fsp3) is 0. The highest BCUT2D eigenvalue weighted by atomic mass is 15.3. The lowest BCUT2D eigenvalue weighted by Crippen LogP contribution is -2.19. The maximum atomic E-state index is 8.85.